The van der Waals surface area contributed by atoms with Crippen LogP contribution in [0.3, 0.4) is 0 Å². The third kappa shape index (κ3) is 3.66. The molecule has 0 bridgehead atoms. The maximum atomic E-state index is 11.9. The van der Waals surface area contributed by atoms with Crippen molar-refractivity contribution in [2.45, 2.75) is 46.6 Å². The number of nitrogens with one attached hydrogen (secondary N) is 1. The number of carbonyl (C=O) groups is 2. The van der Waals surface area contributed by atoms with Gasteiger partial charge in [-0.3, -0.25) is 9.59 Å². The number of Topliss-reactive ketones (excluding diaryl/α,β-unsaturated/α-hetero) is 2. The molecule has 17 heavy (non-hydrogen) atoms. The lowest BCUT2D eigenvalue weighted by Gasteiger charge is -2.29. The second-order valence-electron chi connectivity index (χ2n) is 5.59. The van der Waals surface area contributed by atoms with Crippen molar-refractivity contribution in [3.8, 4) is 0 Å². The van der Waals surface area contributed by atoms with E-state index in [4.69, 9.17) is 5.11 Å². The van der Waals surface area contributed by atoms with E-state index in [9.17, 15) is 9.59 Å². The first-order valence-corrected chi connectivity index (χ1v) is 5.92. The Kier molecular flexibility index (Phi) is 4.09. The molecule has 1 aliphatic rings. The zero-order valence-corrected chi connectivity index (χ0v) is 11.0. The van der Waals surface area contributed by atoms with Gasteiger partial charge in [0.05, 0.1) is 11.7 Å². The Morgan fingerprint density at radius 1 is 1.35 bits per heavy atom. The van der Waals surface area contributed by atoms with Crippen LogP contribution < -0.4 is 5.32 Å². The molecule has 0 aromatic heterocycles. The highest BCUT2D eigenvalue weighted by atomic mass is 16.3. The van der Waals surface area contributed by atoms with Crippen molar-refractivity contribution in [3.05, 3.63) is 11.3 Å². The molecule has 0 amide bonds. The highest BCUT2D eigenvalue weighted by Gasteiger charge is 2.36. The molecule has 1 fully saturated rings. The average Bonchev–Trinajstić information content (AvgIpc) is 2.11. The molecule has 0 spiro atoms. The Bertz CT molecular complexity index is 345. The molecule has 0 heterocycles. The fourth-order valence-electron chi connectivity index (χ4n) is 2.07. The summed E-state index contributed by atoms with van der Waals surface area (Å²) in [5.41, 5.74) is 0.628. The minimum absolute atomic E-state index is 0.0955. The third-order valence-corrected chi connectivity index (χ3v) is 2.87. The van der Waals surface area contributed by atoms with Gasteiger partial charge in [0, 0.05) is 25.1 Å². The molecule has 4 nitrogen and oxygen atoms in total. The van der Waals surface area contributed by atoms with Gasteiger partial charge in [-0.1, -0.05) is 13.8 Å². The van der Waals surface area contributed by atoms with Crippen LogP contribution >= 0.6 is 0 Å². The van der Waals surface area contributed by atoms with Crippen LogP contribution in [0.25, 0.3) is 0 Å². The summed E-state index contributed by atoms with van der Waals surface area (Å²) in [5, 5.41) is 12.1. The monoisotopic (exact) mass is 239 g/mol. The van der Waals surface area contributed by atoms with Crippen LogP contribution in [-0.4, -0.2) is 29.3 Å². The second kappa shape index (κ2) is 5.00. The summed E-state index contributed by atoms with van der Waals surface area (Å²) in [4.78, 5) is 23.9. The molecule has 4 heteroatoms. The van der Waals surface area contributed by atoms with E-state index in [2.05, 4.69) is 5.32 Å². The number of allylic oxidation sites excluding steroid dienone is 2. The fourth-order valence-corrected chi connectivity index (χ4v) is 2.07. The lowest BCUT2D eigenvalue weighted by atomic mass is 9.73. The predicted octanol–water partition coefficient (Wildman–Crippen LogP) is 1.19. The van der Waals surface area contributed by atoms with Crippen molar-refractivity contribution in [1.29, 1.82) is 0 Å². The number of carbonyl (C=O) groups excluding carboxylic acids is 2. The van der Waals surface area contributed by atoms with Gasteiger partial charge in [0.1, 0.15) is 0 Å². The van der Waals surface area contributed by atoms with E-state index in [1.54, 1.807) is 13.8 Å². The molecule has 0 aromatic carbocycles. The normalized spacial score (nSPS) is 21.4. The third-order valence-electron chi connectivity index (χ3n) is 2.87. The van der Waals surface area contributed by atoms with Crippen LogP contribution in [0.2, 0.25) is 0 Å². The van der Waals surface area contributed by atoms with Gasteiger partial charge in [-0.2, -0.15) is 0 Å². The maximum absolute atomic E-state index is 11.9. The average molecular weight is 239 g/mol. The Labute approximate surface area is 102 Å². The van der Waals surface area contributed by atoms with Gasteiger partial charge in [0.25, 0.3) is 0 Å². The number of hydrogen-bond donors (Lipinski definition) is 2. The van der Waals surface area contributed by atoms with Crippen LogP contribution in [0.15, 0.2) is 11.3 Å². The highest BCUT2D eigenvalue weighted by Crippen LogP contribution is 2.34. The topological polar surface area (TPSA) is 66.4 Å². The molecule has 1 atom stereocenters. The van der Waals surface area contributed by atoms with Crippen molar-refractivity contribution in [3.63, 3.8) is 0 Å². The number of aliphatic hydroxyl groups excluding tert-OH is 1. The minimum atomic E-state index is -0.504. The first-order valence-electron chi connectivity index (χ1n) is 5.92. The first-order chi connectivity index (χ1) is 7.73. The van der Waals surface area contributed by atoms with Gasteiger partial charge >= 0.3 is 0 Å². The van der Waals surface area contributed by atoms with E-state index in [-0.39, 0.29) is 22.6 Å². The van der Waals surface area contributed by atoms with Crippen LogP contribution in [0, 0.1) is 5.41 Å². The van der Waals surface area contributed by atoms with Crippen molar-refractivity contribution in [1.82, 2.24) is 5.32 Å². The molecule has 1 rings (SSSR count). The molecule has 0 aromatic rings. The number of hydrogen-bond acceptors (Lipinski definition) is 4. The predicted molar refractivity (Wildman–Crippen MR) is 65.4 cm³/mol. The Balaban J connectivity index is 2.86. The molecule has 0 saturated heterocycles. The van der Waals surface area contributed by atoms with Gasteiger partial charge in [0.2, 0.25) is 0 Å². The zero-order valence-electron chi connectivity index (χ0n) is 11.0. The van der Waals surface area contributed by atoms with Crippen molar-refractivity contribution < 1.29 is 14.7 Å². The summed E-state index contributed by atoms with van der Waals surface area (Å²) in [6.45, 7) is 7.57. The van der Waals surface area contributed by atoms with Crippen LogP contribution in [0.5, 0.6) is 0 Å². The van der Waals surface area contributed by atoms with E-state index in [0.717, 1.165) is 0 Å². The molecule has 2 N–H and O–H groups in total. The van der Waals surface area contributed by atoms with E-state index in [1.165, 1.54) is 0 Å². The smallest absolute Gasteiger partial charge is 0.168 e. The lowest BCUT2D eigenvalue weighted by Crippen LogP contribution is -2.35. The zero-order chi connectivity index (χ0) is 13.2. The van der Waals surface area contributed by atoms with E-state index in [0.29, 0.717) is 25.1 Å². The van der Waals surface area contributed by atoms with Crippen LogP contribution in [-0.2, 0) is 9.59 Å². The standard InChI is InChI=1S/C13H21NO3/c1-8(15)7-14-9(2)12-10(16)5-13(3,4)6-11(12)17/h8,14-15H,5-7H2,1-4H3. The number of rotatable bonds is 3. The van der Waals surface area contributed by atoms with Gasteiger partial charge in [0.15, 0.2) is 11.6 Å². The molecule has 0 aliphatic heterocycles. The SMILES string of the molecule is CC(NCC(C)O)=C1C(=O)CC(C)(C)CC1=O. The molecular formula is C13H21NO3. The molecule has 0 radical (unpaired) electrons. The van der Waals surface area contributed by atoms with Crippen LogP contribution in [0.1, 0.15) is 40.5 Å². The van der Waals surface area contributed by atoms with Crippen LogP contribution in [0.4, 0.5) is 0 Å². The Hall–Kier alpha value is -1.16. The maximum Gasteiger partial charge on any atom is 0.168 e. The summed E-state index contributed by atoms with van der Waals surface area (Å²) < 4.78 is 0. The van der Waals surface area contributed by atoms with Crippen molar-refractivity contribution in [2.75, 3.05) is 6.54 Å². The van der Waals surface area contributed by atoms with Crippen molar-refractivity contribution in [2.24, 2.45) is 5.41 Å². The van der Waals surface area contributed by atoms with E-state index >= 15 is 0 Å². The molecule has 1 aliphatic carbocycles. The fraction of sp³-hybridized carbons (Fsp3) is 0.692. The lowest BCUT2D eigenvalue weighted by molar-refractivity contribution is -0.127. The molecular weight excluding hydrogens is 218 g/mol. The van der Waals surface area contributed by atoms with Gasteiger partial charge < -0.3 is 10.4 Å². The summed E-state index contributed by atoms with van der Waals surface area (Å²) >= 11 is 0. The summed E-state index contributed by atoms with van der Waals surface area (Å²) in [6.07, 6.45) is 0.305. The quantitative estimate of drug-likeness (QED) is 0.573. The Morgan fingerprint density at radius 3 is 2.24 bits per heavy atom. The molecule has 1 unspecified atom stereocenters. The number of aliphatic hydroxyl groups is 1. The summed E-state index contributed by atoms with van der Waals surface area (Å²) in [6, 6.07) is 0. The highest BCUT2D eigenvalue weighted by molar-refractivity contribution is 6.22. The summed E-state index contributed by atoms with van der Waals surface area (Å²) in [5.74, 6) is -0.191. The molecule has 96 valence electrons. The summed E-state index contributed by atoms with van der Waals surface area (Å²) in [7, 11) is 0. The molecule has 1 saturated carbocycles. The van der Waals surface area contributed by atoms with Gasteiger partial charge in [-0.15, -0.1) is 0 Å². The van der Waals surface area contributed by atoms with E-state index < -0.39 is 6.10 Å². The van der Waals surface area contributed by atoms with Crippen molar-refractivity contribution >= 4 is 11.6 Å². The minimum Gasteiger partial charge on any atom is -0.392 e. The van der Waals surface area contributed by atoms with E-state index in [1.807, 2.05) is 13.8 Å². The second-order valence-corrected chi connectivity index (χ2v) is 5.59. The van der Waals surface area contributed by atoms with Gasteiger partial charge in [-0.25, -0.2) is 0 Å². The first kappa shape index (κ1) is 13.9. The van der Waals surface area contributed by atoms with Gasteiger partial charge in [-0.05, 0) is 19.3 Å². The number of ketones is 2. The Morgan fingerprint density at radius 2 is 1.82 bits per heavy atom. The largest absolute Gasteiger partial charge is 0.392 e.